The standard InChI is InChI=1S/C13H19F3N2O2/c1-9-5-10(11(20-9)13(14,15)16)6-18-8-12(19)3-2-4-17-7-12/h5,17-19H,2-4,6-8H2,1H3/t12-/m1/s1. The Balaban J connectivity index is 1.94. The fourth-order valence-electron chi connectivity index (χ4n) is 2.47. The van der Waals surface area contributed by atoms with E-state index in [1.54, 1.807) is 0 Å². The molecule has 1 aliphatic rings. The lowest BCUT2D eigenvalue weighted by atomic mass is 9.94. The number of halogens is 3. The maximum Gasteiger partial charge on any atom is 0.449 e. The van der Waals surface area contributed by atoms with E-state index in [1.165, 1.54) is 13.0 Å². The Morgan fingerprint density at radius 1 is 1.50 bits per heavy atom. The molecule has 1 aromatic heterocycles. The summed E-state index contributed by atoms with van der Waals surface area (Å²) >= 11 is 0. The van der Waals surface area contributed by atoms with Crippen molar-refractivity contribution in [2.45, 2.75) is 38.1 Å². The van der Waals surface area contributed by atoms with E-state index in [4.69, 9.17) is 4.42 Å². The van der Waals surface area contributed by atoms with E-state index in [-0.39, 0.29) is 24.4 Å². The molecule has 0 aromatic carbocycles. The summed E-state index contributed by atoms with van der Waals surface area (Å²) < 4.78 is 42.9. The maximum absolute atomic E-state index is 12.7. The summed E-state index contributed by atoms with van der Waals surface area (Å²) in [5, 5.41) is 16.2. The van der Waals surface area contributed by atoms with Crippen molar-refractivity contribution in [3.05, 3.63) is 23.2 Å². The number of hydrogen-bond donors (Lipinski definition) is 3. The minimum atomic E-state index is -4.49. The monoisotopic (exact) mass is 292 g/mol. The van der Waals surface area contributed by atoms with E-state index >= 15 is 0 Å². The third kappa shape index (κ3) is 3.74. The maximum atomic E-state index is 12.7. The van der Waals surface area contributed by atoms with Crippen molar-refractivity contribution in [2.75, 3.05) is 19.6 Å². The molecule has 2 heterocycles. The van der Waals surface area contributed by atoms with Gasteiger partial charge in [-0.05, 0) is 32.4 Å². The van der Waals surface area contributed by atoms with E-state index in [1.807, 2.05) is 0 Å². The summed E-state index contributed by atoms with van der Waals surface area (Å²) in [4.78, 5) is 0. The van der Waals surface area contributed by atoms with Crippen LogP contribution in [-0.4, -0.2) is 30.3 Å². The fraction of sp³-hybridized carbons (Fsp3) is 0.692. The van der Waals surface area contributed by atoms with Crippen molar-refractivity contribution in [2.24, 2.45) is 0 Å². The van der Waals surface area contributed by atoms with Crippen molar-refractivity contribution >= 4 is 0 Å². The van der Waals surface area contributed by atoms with Gasteiger partial charge >= 0.3 is 6.18 Å². The summed E-state index contributed by atoms with van der Waals surface area (Å²) in [6.07, 6.45) is -2.99. The molecular formula is C13H19F3N2O2. The zero-order valence-electron chi connectivity index (χ0n) is 11.3. The summed E-state index contributed by atoms with van der Waals surface area (Å²) in [7, 11) is 0. The zero-order chi connectivity index (χ0) is 14.8. The van der Waals surface area contributed by atoms with Crippen LogP contribution < -0.4 is 10.6 Å². The van der Waals surface area contributed by atoms with E-state index < -0.39 is 17.5 Å². The summed E-state index contributed by atoms with van der Waals surface area (Å²) in [6, 6.07) is 1.37. The van der Waals surface area contributed by atoms with Gasteiger partial charge in [0.15, 0.2) is 0 Å². The molecule has 3 N–H and O–H groups in total. The molecule has 7 heteroatoms. The lowest BCUT2D eigenvalue weighted by molar-refractivity contribution is -0.154. The fourth-order valence-corrected chi connectivity index (χ4v) is 2.47. The molecule has 114 valence electrons. The third-order valence-electron chi connectivity index (χ3n) is 3.41. The Morgan fingerprint density at radius 3 is 2.85 bits per heavy atom. The van der Waals surface area contributed by atoms with Crippen LogP contribution in [0.2, 0.25) is 0 Å². The molecule has 1 fully saturated rings. The molecule has 1 atom stereocenters. The summed E-state index contributed by atoms with van der Waals surface area (Å²) in [5.41, 5.74) is -0.822. The Hall–Kier alpha value is -1.05. The van der Waals surface area contributed by atoms with Gasteiger partial charge in [0.1, 0.15) is 5.76 Å². The molecule has 0 bridgehead atoms. The number of hydrogen-bond acceptors (Lipinski definition) is 4. The first kappa shape index (κ1) is 15.3. The highest BCUT2D eigenvalue weighted by molar-refractivity contribution is 5.23. The lowest BCUT2D eigenvalue weighted by Gasteiger charge is -2.32. The van der Waals surface area contributed by atoms with Gasteiger partial charge in [0.2, 0.25) is 5.76 Å². The second-order valence-electron chi connectivity index (χ2n) is 5.32. The molecule has 0 radical (unpaired) electrons. The number of β-amino-alcohol motifs (C(OH)–C–C–N with tert-alkyl or cyclic N) is 1. The van der Waals surface area contributed by atoms with Crippen LogP contribution in [0.5, 0.6) is 0 Å². The van der Waals surface area contributed by atoms with Gasteiger partial charge in [-0.3, -0.25) is 0 Å². The van der Waals surface area contributed by atoms with Gasteiger partial charge < -0.3 is 20.2 Å². The van der Waals surface area contributed by atoms with Gasteiger partial charge in [-0.15, -0.1) is 0 Å². The zero-order valence-corrected chi connectivity index (χ0v) is 11.3. The van der Waals surface area contributed by atoms with Crippen LogP contribution in [0.15, 0.2) is 10.5 Å². The average molecular weight is 292 g/mol. The number of alkyl halides is 3. The first-order valence-corrected chi connectivity index (χ1v) is 6.60. The van der Waals surface area contributed by atoms with Crippen LogP contribution in [0.3, 0.4) is 0 Å². The van der Waals surface area contributed by atoms with Crippen LogP contribution in [0.4, 0.5) is 13.2 Å². The predicted molar refractivity (Wildman–Crippen MR) is 67.2 cm³/mol. The molecule has 1 saturated heterocycles. The second-order valence-corrected chi connectivity index (χ2v) is 5.32. The van der Waals surface area contributed by atoms with Crippen LogP contribution in [0.1, 0.15) is 29.9 Å². The van der Waals surface area contributed by atoms with E-state index in [0.717, 1.165) is 13.0 Å². The molecular weight excluding hydrogens is 273 g/mol. The topological polar surface area (TPSA) is 57.4 Å². The molecule has 1 aromatic rings. The molecule has 0 spiro atoms. The number of aliphatic hydroxyl groups is 1. The van der Waals surface area contributed by atoms with E-state index in [2.05, 4.69) is 10.6 Å². The number of rotatable bonds is 4. The lowest BCUT2D eigenvalue weighted by Crippen LogP contribution is -2.51. The van der Waals surface area contributed by atoms with Gasteiger partial charge in [0, 0.05) is 25.2 Å². The van der Waals surface area contributed by atoms with Gasteiger partial charge in [-0.1, -0.05) is 0 Å². The van der Waals surface area contributed by atoms with Crippen LogP contribution >= 0.6 is 0 Å². The quantitative estimate of drug-likeness (QED) is 0.792. The number of nitrogens with one attached hydrogen (secondary N) is 2. The van der Waals surface area contributed by atoms with Gasteiger partial charge in [-0.25, -0.2) is 0 Å². The average Bonchev–Trinajstić information content (AvgIpc) is 2.71. The molecule has 0 amide bonds. The summed E-state index contributed by atoms with van der Waals surface area (Å²) in [6.45, 7) is 3.07. The molecule has 1 aliphatic heterocycles. The molecule has 0 saturated carbocycles. The Labute approximate surface area is 115 Å². The minimum absolute atomic E-state index is 0.0223. The van der Waals surface area contributed by atoms with Crippen molar-refractivity contribution in [1.29, 1.82) is 0 Å². The molecule has 0 aliphatic carbocycles. The van der Waals surface area contributed by atoms with Crippen molar-refractivity contribution < 1.29 is 22.7 Å². The van der Waals surface area contributed by atoms with Gasteiger partial charge in [-0.2, -0.15) is 13.2 Å². The Morgan fingerprint density at radius 2 is 2.25 bits per heavy atom. The smallest absolute Gasteiger partial charge is 0.449 e. The second kappa shape index (κ2) is 5.75. The Bertz CT molecular complexity index is 451. The van der Waals surface area contributed by atoms with Crippen LogP contribution in [-0.2, 0) is 12.7 Å². The van der Waals surface area contributed by atoms with Crippen LogP contribution in [0, 0.1) is 6.92 Å². The Kier molecular flexibility index (Phi) is 4.41. The van der Waals surface area contributed by atoms with Gasteiger partial charge in [0.05, 0.1) is 5.60 Å². The predicted octanol–water partition coefficient (Wildman–Crippen LogP) is 1.81. The summed E-state index contributed by atoms with van der Waals surface area (Å²) in [5.74, 6) is -0.733. The third-order valence-corrected chi connectivity index (χ3v) is 3.41. The van der Waals surface area contributed by atoms with Crippen molar-refractivity contribution in [1.82, 2.24) is 10.6 Å². The largest absolute Gasteiger partial charge is 0.456 e. The normalized spacial score (nSPS) is 24.1. The highest BCUT2D eigenvalue weighted by Gasteiger charge is 2.38. The highest BCUT2D eigenvalue weighted by Crippen LogP contribution is 2.34. The first-order valence-electron chi connectivity index (χ1n) is 6.60. The molecule has 0 unspecified atom stereocenters. The minimum Gasteiger partial charge on any atom is -0.456 e. The number of piperidine rings is 1. The van der Waals surface area contributed by atoms with Gasteiger partial charge in [0.25, 0.3) is 0 Å². The molecule has 20 heavy (non-hydrogen) atoms. The molecule has 4 nitrogen and oxygen atoms in total. The van der Waals surface area contributed by atoms with Crippen molar-refractivity contribution in [3.8, 4) is 0 Å². The first-order chi connectivity index (χ1) is 9.30. The van der Waals surface area contributed by atoms with Crippen molar-refractivity contribution in [3.63, 3.8) is 0 Å². The SMILES string of the molecule is Cc1cc(CNC[C@@]2(O)CCCNC2)c(C(F)(F)F)o1. The highest BCUT2D eigenvalue weighted by atomic mass is 19.4. The number of aryl methyl sites for hydroxylation is 1. The number of furan rings is 1. The van der Waals surface area contributed by atoms with E-state index in [9.17, 15) is 18.3 Å². The van der Waals surface area contributed by atoms with E-state index in [0.29, 0.717) is 13.0 Å². The molecule has 2 rings (SSSR count). The van der Waals surface area contributed by atoms with Crippen LogP contribution in [0.25, 0.3) is 0 Å².